The molecule has 0 N–H and O–H groups in total. The summed E-state index contributed by atoms with van der Waals surface area (Å²) in [6.07, 6.45) is 3.30. The molecular weight excluding hydrogens is 121 g/mol. The molecule has 0 spiro atoms. The van der Waals surface area contributed by atoms with Crippen LogP contribution in [0, 0.1) is 6.92 Å². The molecule has 2 heteroatoms. The van der Waals surface area contributed by atoms with Gasteiger partial charge in [0.15, 0.2) is 5.69 Å². The van der Waals surface area contributed by atoms with Crippen LogP contribution in [0.2, 0.25) is 0 Å². The molecule has 1 aromatic heterocycles. The highest BCUT2D eigenvalue weighted by molar-refractivity contribution is 5.94. The first-order chi connectivity index (χ1) is 4.74. The monoisotopic (exact) mass is 134 g/mol. The fourth-order valence-corrected chi connectivity index (χ4v) is 0.948. The van der Waals surface area contributed by atoms with Gasteiger partial charge in [0.2, 0.25) is 0 Å². The average molecular weight is 134 g/mol. The molecule has 1 rings (SSSR count). The molecule has 0 saturated heterocycles. The van der Waals surface area contributed by atoms with Crippen molar-refractivity contribution in [1.82, 2.24) is 0 Å². The fraction of sp³-hybridized carbons (Fsp3) is 0.375. The third-order valence-corrected chi connectivity index (χ3v) is 1.86. The summed E-state index contributed by atoms with van der Waals surface area (Å²) in [6, 6.07) is 4.33. The zero-order chi connectivity index (χ0) is 7.56. The second-order valence-corrected chi connectivity index (χ2v) is 2.64. The number of nitrogens with zero attached hydrogens (tertiary/aromatic N) is 1. The van der Waals surface area contributed by atoms with Crippen LogP contribution in [0.15, 0.2) is 18.3 Å². The maximum absolute atomic E-state index is 2.18. The number of rotatable bonds is 1. The van der Waals surface area contributed by atoms with E-state index in [0.29, 0.717) is 0 Å². The largest absolute Gasteiger partial charge is 0.455 e. The zero-order valence-corrected chi connectivity index (χ0v) is 6.89. The highest BCUT2D eigenvalue weighted by Crippen LogP contribution is 1.96. The van der Waals surface area contributed by atoms with E-state index in [-0.39, 0.29) is 0 Å². The van der Waals surface area contributed by atoms with E-state index in [1.54, 1.807) is 0 Å². The lowest BCUT2D eigenvalue weighted by atomic mass is 10.2. The Kier molecular flexibility index (Phi) is 2.10. The highest BCUT2D eigenvalue weighted by Gasteiger charge is 1.98. The van der Waals surface area contributed by atoms with Crippen LogP contribution in [0.4, 0.5) is 0 Å². The summed E-state index contributed by atoms with van der Waals surface area (Å²) in [7, 11) is 2.08. The minimum absolute atomic E-state index is 1.12. The molecule has 0 aromatic carbocycles. The van der Waals surface area contributed by atoms with E-state index in [1.807, 2.05) is 0 Å². The Balaban J connectivity index is 3.04. The van der Waals surface area contributed by atoms with Crippen molar-refractivity contribution >= 4 is 7.98 Å². The first kappa shape index (κ1) is 7.32. The van der Waals surface area contributed by atoms with Gasteiger partial charge in [0.25, 0.3) is 0 Å². The molecular formula is C8H13BN+. The SMILES string of the molecule is B[n+]1cc(CC)ccc1C. The van der Waals surface area contributed by atoms with Crippen molar-refractivity contribution in [1.29, 1.82) is 0 Å². The Hall–Kier alpha value is -0.785. The minimum atomic E-state index is 1.12. The van der Waals surface area contributed by atoms with Crippen LogP contribution in [0.3, 0.4) is 0 Å². The molecule has 0 aliphatic rings. The lowest BCUT2D eigenvalue weighted by molar-refractivity contribution is -0.530. The third-order valence-electron chi connectivity index (χ3n) is 1.86. The van der Waals surface area contributed by atoms with Gasteiger partial charge in [-0.15, -0.1) is 0 Å². The van der Waals surface area contributed by atoms with Crippen LogP contribution in [0.5, 0.6) is 0 Å². The standard InChI is InChI=1S/C8H13BN/c1-3-8-5-4-7(2)10(9)6-8/h4-6H,3,9H2,1-2H3/q+1. The van der Waals surface area contributed by atoms with E-state index in [1.165, 1.54) is 11.3 Å². The van der Waals surface area contributed by atoms with Gasteiger partial charge in [0, 0.05) is 18.6 Å². The normalized spacial score (nSPS) is 9.80. The maximum atomic E-state index is 2.18. The summed E-state index contributed by atoms with van der Waals surface area (Å²) in [5.74, 6) is 0. The van der Waals surface area contributed by atoms with Crippen molar-refractivity contribution in [2.24, 2.45) is 0 Å². The molecule has 0 aliphatic heterocycles. The predicted molar refractivity (Wildman–Crippen MR) is 44.7 cm³/mol. The molecule has 0 aliphatic carbocycles. The molecule has 0 bridgehead atoms. The predicted octanol–water partition coefficient (Wildman–Crippen LogP) is 0.241. The molecule has 1 heterocycles. The van der Waals surface area contributed by atoms with E-state index >= 15 is 0 Å². The smallest absolute Gasteiger partial charge is 0.294 e. The van der Waals surface area contributed by atoms with Crippen LogP contribution in [0.25, 0.3) is 0 Å². The van der Waals surface area contributed by atoms with Crippen molar-refractivity contribution in [3.63, 3.8) is 0 Å². The summed E-state index contributed by atoms with van der Waals surface area (Å²) in [5.41, 5.74) is 2.70. The minimum Gasteiger partial charge on any atom is -0.294 e. The molecule has 0 unspecified atom stereocenters. The number of hydrogen-bond acceptors (Lipinski definition) is 0. The van der Waals surface area contributed by atoms with Gasteiger partial charge in [-0.25, -0.2) is 0 Å². The van der Waals surface area contributed by atoms with Crippen LogP contribution in [-0.4, -0.2) is 7.98 Å². The lowest BCUT2D eigenvalue weighted by Gasteiger charge is -1.96. The Morgan fingerprint density at radius 2 is 2.20 bits per heavy atom. The molecule has 0 fully saturated rings. The van der Waals surface area contributed by atoms with Gasteiger partial charge in [-0.3, -0.25) is 4.48 Å². The Labute approximate surface area is 63.1 Å². The highest BCUT2D eigenvalue weighted by atomic mass is 14.8. The lowest BCUT2D eigenvalue weighted by Crippen LogP contribution is -2.34. The van der Waals surface area contributed by atoms with E-state index in [4.69, 9.17) is 0 Å². The molecule has 52 valence electrons. The van der Waals surface area contributed by atoms with Crippen molar-refractivity contribution in [2.75, 3.05) is 0 Å². The van der Waals surface area contributed by atoms with Crippen molar-refractivity contribution in [3.05, 3.63) is 29.6 Å². The van der Waals surface area contributed by atoms with E-state index in [9.17, 15) is 0 Å². The summed E-state index contributed by atoms with van der Waals surface area (Å²) >= 11 is 0. The van der Waals surface area contributed by atoms with Crippen molar-refractivity contribution in [2.45, 2.75) is 20.3 Å². The summed E-state index contributed by atoms with van der Waals surface area (Å²) < 4.78 is 2.15. The zero-order valence-electron chi connectivity index (χ0n) is 6.89. The van der Waals surface area contributed by atoms with Crippen LogP contribution in [0.1, 0.15) is 18.2 Å². The number of hydrogen-bond donors (Lipinski definition) is 0. The van der Waals surface area contributed by atoms with Crippen molar-refractivity contribution < 1.29 is 4.48 Å². The van der Waals surface area contributed by atoms with Gasteiger partial charge in [-0.1, -0.05) is 6.92 Å². The van der Waals surface area contributed by atoms with E-state index in [0.717, 1.165) is 6.42 Å². The number of aromatic nitrogens is 1. The summed E-state index contributed by atoms with van der Waals surface area (Å²) in [6.45, 7) is 4.28. The average Bonchev–Trinajstić information content (AvgIpc) is 1.95. The van der Waals surface area contributed by atoms with Gasteiger partial charge in [0.05, 0.1) is 0 Å². The van der Waals surface area contributed by atoms with Crippen molar-refractivity contribution in [3.8, 4) is 0 Å². The van der Waals surface area contributed by atoms with Gasteiger partial charge in [0.1, 0.15) is 6.20 Å². The van der Waals surface area contributed by atoms with Gasteiger partial charge in [-0.05, 0) is 12.5 Å². The Morgan fingerprint density at radius 3 is 2.70 bits per heavy atom. The second-order valence-electron chi connectivity index (χ2n) is 2.64. The first-order valence-corrected chi connectivity index (χ1v) is 3.69. The second kappa shape index (κ2) is 2.87. The Bertz CT molecular complexity index is 233. The molecule has 1 nitrogen and oxygen atoms in total. The Morgan fingerprint density at radius 1 is 1.50 bits per heavy atom. The van der Waals surface area contributed by atoms with Crippen LogP contribution >= 0.6 is 0 Å². The molecule has 0 atom stereocenters. The molecule has 1 aromatic rings. The third kappa shape index (κ3) is 1.38. The van der Waals surface area contributed by atoms with Gasteiger partial charge < -0.3 is 0 Å². The molecule has 10 heavy (non-hydrogen) atoms. The molecule has 0 radical (unpaired) electrons. The van der Waals surface area contributed by atoms with E-state index < -0.39 is 0 Å². The quantitative estimate of drug-likeness (QED) is 0.484. The molecule has 0 amide bonds. The first-order valence-electron chi connectivity index (χ1n) is 3.69. The van der Waals surface area contributed by atoms with Gasteiger partial charge >= 0.3 is 7.98 Å². The topological polar surface area (TPSA) is 3.88 Å². The van der Waals surface area contributed by atoms with Gasteiger partial charge in [-0.2, -0.15) is 0 Å². The number of aryl methyl sites for hydroxylation is 2. The number of pyridine rings is 1. The maximum Gasteiger partial charge on any atom is 0.455 e. The fourth-order valence-electron chi connectivity index (χ4n) is 0.948. The van der Waals surface area contributed by atoms with Crippen LogP contribution < -0.4 is 4.48 Å². The van der Waals surface area contributed by atoms with E-state index in [2.05, 4.69) is 44.6 Å². The van der Waals surface area contributed by atoms with Crippen LogP contribution in [-0.2, 0) is 6.42 Å². The summed E-state index contributed by atoms with van der Waals surface area (Å²) in [5, 5.41) is 0. The summed E-state index contributed by atoms with van der Waals surface area (Å²) in [4.78, 5) is 0. The molecule has 0 saturated carbocycles.